The van der Waals surface area contributed by atoms with Crippen LogP contribution in [-0.2, 0) is 0 Å². The van der Waals surface area contributed by atoms with E-state index in [9.17, 15) is 0 Å². The van der Waals surface area contributed by atoms with Gasteiger partial charge in [-0.3, -0.25) is 0 Å². The van der Waals surface area contributed by atoms with Gasteiger partial charge >= 0.3 is 0 Å². The fourth-order valence-electron chi connectivity index (χ4n) is 2.53. The largest absolute Gasteiger partial charge is 0.305 e. The molecule has 20 heavy (non-hydrogen) atoms. The van der Waals surface area contributed by atoms with Gasteiger partial charge in [-0.1, -0.05) is 49.4 Å². The molecule has 1 aromatic heterocycles. The zero-order valence-corrected chi connectivity index (χ0v) is 12.4. The Hall–Kier alpha value is -1.71. The van der Waals surface area contributed by atoms with Gasteiger partial charge in [0.15, 0.2) is 0 Å². The Morgan fingerprint density at radius 3 is 2.80 bits per heavy atom. The molecule has 0 spiro atoms. The molecule has 0 amide bonds. The molecule has 2 aromatic carbocycles. The Morgan fingerprint density at radius 2 is 2.00 bits per heavy atom. The van der Waals surface area contributed by atoms with E-state index < -0.39 is 0 Å². The molecule has 3 heteroatoms. The molecule has 0 radical (unpaired) electrons. The van der Waals surface area contributed by atoms with E-state index in [4.69, 9.17) is 0 Å². The van der Waals surface area contributed by atoms with E-state index in [1.165, 1.54) is 16.3 Å². The summed E-state index contributed by atoms with van der Waals surface area (Å²) in [5, 5.41) is 8.34. The molecule has 0 aliphatic rings. The Bertz CT molecular complexity index is 671. The average Bonchev–Trinajstić information content (AvgIpc) is 3.02. The second kappa shape index (κ2) is 6.16. The highest BCUT2D eigenvalue weighted by molar-refractivity contribution is 7.07. The van der Waals surface area contributed by atoms with Gasteiger partial charge in [-0.2, -0.15) is 0 Å². The first-order valence-electron chi connectivity index (χ1n) is 6.99. The molecule has 102 valence electrons. The average molecular weight is 282 g/mol. The van der Waals surface area contributed by atoms with Gasteiger partial charge in [0.25, 0.3) is 0 Å². The highest BCUT2D eigenvalue weighted by Gasteiger charge is 2.17. The summed E-state index contributed by atoms with van der Waals surface area (Å²) in [6.45, 7) is 3.18. The third-order valence-corrected chi connectivity index (χ3v) is 4.08. The van der Waals surface area contributed by atoms with Gasteiger partial charge in [-0.05, 0) is 29.3 Å². The fourth-order valence-corrected chi connectivity index (χ4v) is 3.11. The minimum Gasteiger partial charge on any atom is -0.305 e. The minimum absolute atomic E-state index is 0.173. The van der Waals surface area contributed by atoms with Crippen molar-refractivity contribution in [1.82, 2.24) is 10.3 Å². The van der Waals surface area contributed by atoms with E-state index in [2.05, 4.69) is 65.1 Å². The SMILES string of the molecule is CCCNC(c1cscn1)c1cccc2ccccc12. The zero-order chi connectivity index (χ0) is 13.8. The van der Waals surface area contributed by atoms with Crippen molar-refractivity contribution in [3.8, 4) is 0 Å². The van der Waals surface area contributed by atoms with Crippen molar-refractivity contribution in [2.75, 3.05) is 6.54 Å². The lowest BCUT2D eigenvalue weighted by molar-refractivity contribution is 0.592. The number of hydrogen-bond donors (Lipinski definition) is 1. The first kappa shape index (κ1) is 13.3. The van der Waals surface area contributed by atoms with Crippen LogP contribution in [0.1, 0.15) is 30.6 Å². The monoisotopic (exact) mass is 282 g/mol. The van der Waals surface area contributed by atoms with Gasteiger partial charge in [-0.25, -0.2) is 4.98 Å². The van der Waals surface area contributed by atoms with Crippen LogP contribution in [0.15, 0.2) is 53.4 Å². The van der Waals surface area contributed by atoms with Crippen LogP contribution in [0.5, 0.6) is 0 Å². The van der Waals surface area contributed by atoms with Crippen LogP contribution in [0.3, 0.4) is 0 Å². The smallest absolute Gasteiger partial charge is 0.0795 e. The highest BCUT2D eigenvalue weighted by Crippen LogP contribution is 2.28. The summed E-state index contributed by atoms with van der Waals surface area (Å²) in [7, 11) is 0. The van der Waals surface area contributed by atoms with E-state index in [0.717, 1.165) is 18.7 Å². The second-order valence-corrected chi connectivity index (χ2v) is 5.59. The number of fused-ring (bicyclic) bond motifs is 1. The van der Waals surface area contributed by atoms with Crippen molar-refractivity contribution in [3.63, 3.8) is 0 Å². The third-order valence-electron chi connectivity index (χ3n) is 3.48. The van der Waals surface area contributed by atoms with Crippen LogP contribution in [0.4, 0.5) is 0 Å². The molecule has 3 aromatic rings. The van der Waals surface area contributed by atoms with Crippen molar-refractivity contribution in [1.29, 1.82) is 0 Å². The van der Waals surface area contributed by atoms with Crippen molar-refractivity contribution < 1.29 is 0 Å². The Labute approximate surface area is 123 Å². The van der Waals surface area contributed by atoms with E-state index in [1.807, 2.05) is 5.51 Å². The molecule has 0 aliphatic heterocycles. The summed E-state index contributed by atoms with van der Waals surface area (Å²) in [5.74, 6) is 0. The Morgan fingerprint density at radius 1 is 1.15 bits per heavy atom. The molecule has 3 rings (SSSR count). The van der Waals surface area contributed by atoms with Crippen LogP contribution in [-0.4, -0.2) is 11.5 Å². The summed E-state index contributed by atoms with van der Waals surface area (Å²) in [6, 6.07) is 15.2. The second-order valence-electron chi connectivity index (χ2n) is 4.87. The molecule has 1 N–H and O–H groups in total. The predicted molar refractivity (Wildman–Crippen MR) is 86.2 cm³/mol. The number of nitrogens with zero attached hydrogens (tertiary/aromatic N) is 1. The van der Waals surface area contributed by atoms with Crippen molar-refractivity contribution in [2.45, 2.75) is 19.4 Å². The summed E-state index contributed by atoms with van der Waals surface area (Å²) in [5.41, 5.74) is 4.32. The van der Waals surface area contributed by atoms with Crippen molar-refractivity contribution in [2.24, 2.45) is 0 Å². The Kier molecular flexibility index (Phi) is 4.09. The maximum Gasteiger partial charge on any atom is 0.0795 e. The van der Waals surface area contributed by atoms with Gasteiger partial charge in [0.05, 0.1) is 17.2 Å². The van der Waals surface area contributed by atoms with Crippen LogP contribution < -0.4 is 5.32 Å². The first-order chi connectivity index (χ1) is 9.90. The third kappa shape index (κ3) is 2.60. The zero-order valence-electron chi connectivity index (χ0n) is 11.5. The van der Waals surface area contributed by atoms with Crippen molar-refractivity contribution >= 4 is 22.1 Å². The number of thiazole rings is 1. The van der Waals surface area contributed by atoms with Gasteiger partial charge < -0.3 is 5.32 Å². The standard InChI is InChI=1S/C17H18N2S/c1-2-10-18-17(16-11-20-12-19-16)15-9-5-7-13-6-3-4-8-14(13)15/h3-9,11-12,17-18H,2,10H2,1H3. The number of aromatic nitrogens is 1. The minimum atomic E-state index is 0.173. The van der Waals surface area contributed by atoms with E-state index >= 15 is 0 Å². The van der Waals surface area contributed by atoms with Crippen LogP contribution in [0.2, 0.25) is 0 Å². The van der Waals surface area contributed by atoms with E-state index in [0.29, 0.717) is 0 Å². The van der Waals surface area contributed by atoms with Crippen molar-refractivity contribution in [3.05, 3.63) is 64.6 Å². The fraction of sp³-hybridized carbons (Fsp3) is 0.235. The van der Waals surface area contributed by atoms with E-state index in [-0.39, 0.29) is 6.04 Å². The molecule has 0 aliphatic carbocycles. The summed E-state index contributed by atoms with van der Waals surface area (Å²) in [6.07, 6.45) is 1.12. The summed E-state index contributed by atoms with van der Waals surface area (Å²) < 4.78 is 0. The first-order valence-corrected chi connectivity index (χ1v) is 7.93. The van der Waals surface area contributed by atoms with E-state index in [1.54, 1.807) is 11.3 Å². The predicted octanol–water partition coefficient (Wildman–Crippen LogP) is 4.39. The molecule has 1 unspecified atom stereocenters. The molecule has 0 saturated heterocycles. The lowest BCUT2D eigenvalue weighted by atomic mass is 9.97. The highest BCUT2D eigenvalue weighted by atomic mass is 32.1. The van der Waals surface area contributed by atoms with Crippen LogP contribution in [0.25, 0.3) is 10.8 Å². The Balaban J connectivity index is 2.09. The normalized spacial score (nSPS) is 12.7. The number of nitrogens with one attached hydrogen (secondary N) is 1. The molecule has 0 bridgehead atoms. The maximum absolute atomic E-state index is 4.51. The lowest BCUT2D eigenvalue weighted by Crippen LogP contribution is -2.23. The topological polar surface area (TPSA) is 24.9 Å². The van der Waals surface area contributed by atoms with Gasteiger partial charge in [0, 0.05) is 5.38 Å². The van der Waals surface area contributed by atoms with Crippen LogP contribution in [0, 0.1) is 0 Å². The van der Waals surface area contributed by atoms with Gasteiger partial charge in [-0.15, -0.1) is 11.3 Å². The number of rotatable bonds is 5. The molecule has 2 nitrogen and oxygen atoms in total. The molecular formula is C17H18N2S. The molecule has 1 heterocycles. The maximum atomic E-state index is 4.51. The van der Waals surface area contributed by atoms with Gasteiger partial charge in [0.2, 0.25) is 0 Å². The molecule has 0 fully saturated rings. The lowest BCUT2D eigenvalue weighted by Gasteiger charge is -2.19. The summed E-state index contributed by atoms with van der Waals surface area (Å²) in [4.78, 5) is 4.51. The quantitative estimate of drug-likeness (QED) is 0.751. The molecule has 0 saturated carbocycles. The summed E-state index contributed by atoms with van der Waals surface area (Å²) >= 11 is 1.65. The van der Waals surface area contributed by atoms with Crippen LogP contribution >= 0.6 is 11.3 Å². The number of benzene rings is 2. The number of hydrogen-bond acceptors (Lipinski definition) is 3. The molecule has 1 atom stereocenters. The van der Waals surface area contributed by atoms with Gasteiger partial charge in [0.1, 0.15) is 0 Å². The molecular weight excluding hydrogens is 264 g/mol.